The highest BCUT2D eigenvalue weighted by Crippen LogP contribution is 2.24. The van der Waals surface area contributed by atoms with Gasteiger partial charge >= 0.3 is 0 Å². The van der Waals surface area contributed by atoms with Crippen LogP contribution >= 0.6 is 0 Å². The number of nitrogens with one attached hydrogen (secondary N) is 2. The quantitative estimate of drug-likeness (QED) is 0.784. The molecule has 1 heterocycles. The van der Waals surface area contributed by atoms with Gasteiger partial charge in [0.05, 0.1) is 0 Å². The Balaban J connectivity index is 2.20. The van der Waals surface area contributed by atoms with E-state index in [1.807, 2.05) is 0 Å². The second-order valence-electron chi connectivity index (χ2n) is 4.34. The summed E-state index contributed by atoms with van der Waals surface area (Å²) >= 11 is 0. The van der Waals surface area contributed by atoms with Crippen LogP contribution in [0.25, 0.3) is 0 Å². The molecule has 0 saturated heterocycles. The van der Waals surface area contributed by atoms with Crippen molar-refractivity contribution in [3.05, 3.63) is 34.9 Å². The highest BCUT2D eigenvalue weighted by atomic mass is 14.9. The molecule has 2 heteroatoms. The molecule has 2 rings (SSSR count). The number of benzene rings is 1. The highest BCUT2D eigenvalue weighted by molar-refractivity contribution is 5.36. The number of hydrogen-bond donors (Lipinski definition) is 2. The summed E-state index contributed by atoms with van der Waals surface area (Å²) in [4.78, 5) is 0. The Hall–Kier alpha value is -0.860. The number of fused-ring (bicyclic) bond motifs is 1. The van der Waals surface area contributed by atoms with Crippen LogP contribution in [-0.2, 0) is 6.54 Å². The predicted molar refractivity (Wildman–Crippen MR) is 64.2 cm³/mol. The van der Waals surface area contributed by atoms with Gasteiger partial charge in [-0.05, 0) is 24.6 Å². The molecule has 0 aromatic heterocycles. The third-order valence-electron chi connectivity index (χ3n) is 3.09. The van der Waals surface area contributed by atoms with Crippen LogP contribution in [0.2, 0.25) is 0 Å². The zero-order valence-corrected chi connectivity index (χ0v) is 9.64. The van der Waals surface area contributed by atoms with Crippen LogP contribution in [0, 0.1) is 6.92 Å². The minimum absolute atomic E-state index is 0.633. The van der Waals surface area contributed by atoms with Crippen molar-refractivity contribution < 1.29 is 0 Å². The maximum Gasteiger partial charge on any atom is 0.0208 e. The van der Waals surface area contributed by atoms with Gasteiger partial charge in [-0.3, -0.25) is 0 Å². The van der Waals surface area contributed by atoms with Crippen LogP contribution in [0.1, 0.15) is 29.5 Å². The smallest absolute Gasteiger partial charge is 0.0208 e. The Labute approximate surface area is 92.1 Å². The molecule has 0 radical (unpaired) electrons. The van der Waals surface area contributed by atoms with Gasteiger partial charge in [-0.1, -0.05) is 30.7 Å². The van der Waals surface area contributed by atoms with Crippen LogP contribution in [0.5, 0.6) is 0 Å². The minimum atomic E-state index is 0.633. The van der Waals surface area contributed by atoms with Crippen LogP contribution in [-0.4, -0.2) is 19.6 Å². The lowest BCUT2D eigenvalue weighted by Crippen LogP contribution is -2.34. The molecule has 82 valence electrons. The maximum atomic E-state index is 3.48. The van der Waals surface area contributed by atoms with Gasteiger partial charge in [0.25, 0.3) is 0 Å². The summed E-state index contributed by atoms with van der Waals surface area (Å²) in [5.74, 6) is 0.633. The van der Waals surface area contributed by atoms with Gasteiger partial charge in [0, 0.05) is 25.6 Å². The fourth-order valence-electron chi connectivity index (χ4n) is 2.25. The van der Waals surface area contributed by atoms with Crippen LogP contribution < -0.4 is 10.6 Å². The summed E-state index contributed by atoms with van der Waals surface area (Å²) in [6.45, 7) is 8.60. The van der Waals surface area contributed by atoms with Gasteiger partial charge < -0.3 is 10.6 Å². The number of hydrogen-bond acceptors (Lipinski definition) is 2. The van der Waals surface area contributed by atoms with Gasteiger partial charge in [-0.15, -0.1) is 0 Å². The Morgan fingerprint density at radius 3 is 3.13 bits per heavy atom. The van der Waals surface area contributed by atoms with Crippen molar-refractivity contribution in [3.8, 4) is 0 Å². The molecular weight excluding hydrogens is 184 g/mol. The van der Waals surface area contributed by atoms with Crippen molar-refractivity contribution >= 4 is 0 Å². The van der Waals surface area contributed by atoms with E-state index in [-0.39, 0.29) is 0 Å². The molecule has 1 aromatic rings. The SMILES string of the molecule is CCNCC1CNCc2ccc(C)cc21. The van der Waals surface area contributed by atoms with Gasteiger partial charge in [-0.25, -0.2) is 0 Å². The standard InChI is InChI=1S/C13H20N2/c1-3-14-8-12-9-15-7-11-5-4-10(2)6-13(11)12/h4-6,12,14-15H,3,7-9H2,1-2H3. The van der Waals surface area contributed by atoms with Crippen molar-refractivity contribution in [2.24, 2.45) is 0 Å². The molecule has 2 nitrogen and oxygen atoms in total. The summed E-state index contributed by atoms with van der Waals surface area (Å²) < 4.78 is 0. The average Bonchev–Trinajstić information content (AvgIpc) is 2.26. The molecule has 15 heavy (non-hydrogen) atoms. The lowest BCUT2D eigenvalue weighted by Gasteiger charge is -2.27. The monoisotopic (exact) mass is 204 g/mol. The lowest BCUT2D eigenvalue weighted by molar-refractivity contribution is 0.509. The van der Waals surface area contributed by atoms with E-state index in [0.717, 1.165) is 26.2 Å². The molecule has 0 amide bonds. The maximum absolute atomic E-state index is 3.48. The first-order valence-corrected chi connectivity index (χ1v) is 5.82. The zero-order valence-electron chi connectivity index (χ0n) is 9.64. The van der Waals surface area contributed by atoms with E-state index >= 15 is 0 Å². The molecule has 1 aliphatic rings. The summed E-state index contributed by atoms with van der Waals surface area (Å²) in [7, 11) is 0. The second-order valence-corrected chi connectivity index (χ2v) is 4.34. The van der Waals surface area contributed by atoms with Gasteiger partial charge in [-0.2, -0.15) is 0 Å². The molecule has 0 saturated carbocycles. The molecule has 0 fully saturated rings. The zero-order chi connectivity index (χ0) is 10.7. The fourth-order valence-corrected chi connectivity index (χ4v) is 2.25. The van der Waals surface area contributed by atoms with Crippen LogP contribution in [0.15, 0.2) is 18.2 Å². The van der Waals surface area contributed by atoms with E-state index in [9.17, 15) is 0 Å². The van der Waals surface area contributed by atoms with Gasteiger partial charge in [0.2, 0.25) is 0 Å². The van der Waals surface area contributed by atoms with Crippen molar-refractivity contribution in [2.75, 3.05) is 19.6 Å². The second kappa shape index (κ2) is 4.77. The molecule has 1 aromatic carbocycles. The third-order valence-corrected chi connectivity index (χ3v) is 3.09. The van der Waals surface area contributed by atoms with E-state index in [0.29, 0.717) is 5.92 Å². The number of aryl methyl sites for hydroxylation is 1. The van der Waals surface area contributed by atoms with E-state index in [1.165, 1.54) is 16.7 Å². The van der Waals surface area contributed by atoms with Crippen molar-refractivity contribution in [1.82, 2.24) is 10.6 Å². The molecule has 1 aliphatic heterocycles. The van der Waals surface area contributed by atoms with E-state index in [4.69, 9.17) is 0 Å². The number of rotatable bonds is 3. The first kappa shape index (κ1) is 10.7. The average molecular weight is 204 g/mol. The fraction of sp³-hybridized carbons (Fsp3) is 0.538. The van der Waals surface area contributed by atoms with Crippen molar-refractivity contribution in [1.29, 1.82) is 0 Å². The van der Waals surface area contributed by atoms with Gasteiger partial charge in [0.15, 0.2) is 0 Å². The molecule has 0 spiro atoms. The summed E-state index contributed by atoms with van der Waals surface area (Å²) in [6.07, 6.45) is 0. The normalized spacial score (nSPS) is 20.0. The number of likely N-dealkylation sites (N-methyl/N-ethyl adjacent to an activating group) is 1. The first-order chi connectivity index (χ1) is 7.31. The Morgan fingerprint density at radius 1 is 1.47 bits per heavy atom. The summed E-state index contributed by atoms with van der Waals surface area (Å²) in [6, 6.07) is 6.81. The predicted octanol–water partition coefficient (Wildman–Crippen LogP) is 1.79. The van der Waals surface area contributed by atoms with Crippen LogP contribution in [0.3, 0.4) is 0 Å². The topological polar surface area (TPSA) is 24.1 Å². The van der Waals surface area contributed by atoms with Crippen molar-refractivity contribution in [3.63, 3.8) is 0 Å². The highest BCUT2D eigenvalue weighted by Gasteiger charge is 2.18. The molecule has 1 atom stereocenters. The summed E-state index contributed by atoms with van der Waals surface area (Å²) in [5.41, 5.74) is 4.38. The van der Waals surface area contributed by atoms with E-state index in [1.54, 1.807) is 0 Å². The molecule has 1 unspecified atom stereocenters. The molecular formula is C13H20N2. The Bertz CT molecular complexity index is 333. The molecule has 0 bridgehead atoms. The lowest BCUT2D eigenvalue weighted by atomic mass is 9.89. The van der Waals surface area contributed by atoms with Crippen molar-refractivity contribution in [2.45, 2.75) is 26.3 Å². The largest absolute Gasteiger partial charge is 0.316 e. The Kier molecular flexibility index (Phi) is 3.39. The van der Waals surface area contributed by atoms with E-state index in [2.05, 4.69) is 42.7 Å². The summed E-state index contributed by atoms with van der Waals surface area (Å²) in [5, 5.41) is 6.92. The minimum Gasteiger partial charge on any atom is -0.316 e. The van der Waals surface area contributed by atoms with Crippen LogP contribution in [0.4, 0.5) is 0 Å². The Morgan fingerprint density at radius 2 is 2.33 bits per heavy atom. The molecule has 0 aliphatic carbocycles. The van der Waals surface area contributed by atoms with Gasteiger partial charge in [0.1, 0.15) is 0 Å². The first-order valence-electron chi connectivity index (χ1n) is 5.82. The van der Waals surface area contributed by atoms with E-state index < -0.39 is 0 Å². The third kappa shape index (κ3) is 2.39. The molecule has 2 N–H and O–H groups in total.